The van der Waals surface area contributed by atoms with Gasteiger partial charge < -0.3 is 37.4 Å². The van der Waals surface area contributed by atoms with E-state index in [9.17, 15) is 29.4 Å². The van der Waals surface area contributed by atoms with Gasteiger partial charge in [-0.05, 0) is 20.3 Å². The van der Waals surface area contributed by atoms with E-state index in [2.05, 4.69) is 20.6 Å². The zero-order valence-corrected chi connectivity index (χ0v) is 17.0. The quantitative estimate of drug-likeness (QED) is 0.201. The van der Waals surface area contributed by atoms with Gasteiger partial charge in [-0.25, -0.2) is 0 Å². The standard InChI is InChI=1S/C17H27N7O7/c1-6(16(30)31)21-14(28)8(18)3-4-10(26)24-9(12(27)7(2)25)5-20-13-11(24)15(29)23-17(19)22-13/h6-9,12,25,27H,3-5,18H2,1-2H3,(H,21,28)(H,30,31)(H4,19,20,22,23,29)/t6-,7-,8+,9+,12-/m0/s1. The van der Waals surface area contributed by atoms with Crippen LogP contribution in [0.15, 0.2) is 4.79 Å². The topological polar surface area (TPSA) is 237 Å². The Morgan fingerprint density at radius 1 is 1.32 bits per heavy atom. The molecule has 1 aliphatic heterocycles. The number of carboxylic acids is 1. The molecule has 14 heteroatoms. The maximum absolute atomic E-state index is 13.0. The first-order chi connectivity index (χ1) is 14.4. The highest BCUT2D eigenvalue weighted by Crippen LogP contribution is 2.29. The second-order valence-corrected chi connectivity index (χ2v) is 7.31. The molecule has 5 atom stereocenters. The number of anilines is 3. The third kappa shape index (κ3) is 5.48. The van der Waals surface area contributed by atoms with Crippen LogP contribution in [-0.2, 0) is 14.4 Å². The first kappa shape index (κ1) is 24.0. The van der Waals surface area contributed by atoms with Crippen molar-refractivity contribution in [3.63, 3.8) is 0 Å². The number of hydrogen-bond acceptors (Lipinski definition) is 10. The lowest BCUT2D eigenvalue weighted by molar-refractivity contribution is -0.141. The largest absolute Gasteiger partial charge is 0.480 e. The molecule has 0 saturated heterocycles. The lowest BCUT2D eigenvalue weighted by Crippen LogP contribution is -2.58. The van der Waals surface area contributed by atoms with Crippen LogP contribution in [0.2, 0.25) is 0 Å². The lowest BCUT2D eigenvalue weighted by Gasteiger charge is -2.39. The van der Waals surface area contributed by atoms with Crippen LogP contribution in [0.25, 0.3) is 0 Å². The molecule has 2 amide bonds. The number of carbonyl (C=O) groups is 3. The Labute approximate surface area is 176 Å². The van der Waals surface area contributed by atoms with Crippen LogP contribution in [0.3, 0.4) is 0 Å². The SMILES string of the molecule is C[C@H](NC(=O)[C@H](N)CCC(=O)N1c2c(nc(N)[nH]c2=O)NC[C@@H]1[C@@H](O)[C@H](C)O)C(=O)O. The monoisotopic (exact) mass is 441 g/mol. The molecule has 172 valence electrons. The summed E-state index contributed by atoms with van der Waals surface area (Å²) in [6.45, 7) is 2.57. The Morgan fingerprint density at radius 2 is 1.97 bits per heavy atom. The minimum absolute atomic E-state index is 0.0244. The van der Waals surface area contributed by atoms with Crippen molar-refractivity contribution in [2.45, 2.75) is 57.0 Å². The average molecular weight is 441 g/mol. The minimum Gasteiger partial charge on any atom is -0.480 e. The van der Waals surface area contributed by atoms with Gasteiger partial charge in [0.2, 0.25) is 17.8 Å². The fourth-order valence-corrected chi connectivity index (χ4v) is 3.11. The zero-order valence-electron chi connectivity index (χ0n) is 17.0. The van der Waals surface area contributed by atoms with Gasteiger partial charge in [-0.3, -0.25) is 29.1 Å². The second-order valence-electron chi connectivity index (χ2n) is 7.31. The number of nitrogens with zero attached hydrogens (tertiary/aromatic N) is 2. The van der Waals surface area contributed by atoms with Gasteiger partial charge >= 0.3 is 5.97 Å². The number of aliphatic hydroxyl groups excluding tert-OH is 2. The number of carboxylic acid groups (broad SMARTS) is 1. The number of aromatic nitrogens is 2. The molecule has 0 radical (unpaired) electrons. The molecular formula is C17H27N7O7. The van der Waals surface area contributed by atoms with Crippen LogP contribution in [0, 0.1) is 0 Å². The summed E-state index contributed by atoms with van der Waals surface area (Å²) in [5, 5.41) is 34.0. The fourth-order valence-electron chi connectivity index (χ4n) is 3.11. The predicted molar refractivity (Wildman–Crippen MR) is 109 cm³/mol. The molecular weight excluding hydrogens is 414 g/mol. The van der Waals surface area contributed by atoms with Crippen LogP contribution in [0.5, 0.6) is 0 Å². The normalized spacial score (nSPS) is 19.4. The maximum Gasteiger partial charge on any atom is 0.325 e. The number of aliphatic hydroxyl groups is 2. The van der Waals surface area contributed by atoms with Crippen molar-refractivity contribution in [2.24, 2.45) is 5.73 Å². The van der Waals surface area contributed by atoms with E-state index in [1.54, 1.807) is 0 Å². The molecule has 2 heterocycles. The minimum atomic E-state index is -1.39. The molecule has 31 heavy (non-hydrogen) atoms. The Bertz CT molecular complexity index is 903. The maximum atomic E-state index is 13.0. The van der Waals surface area contributed by atoms with Crippen molar-refractivity contribution < 1.29 is 29.7 Å². The number of nitrogens with two attached hydrogens (primary N) is 2. The van der Waals surface area contributed by atoms with Crippen molar-refractivity contribution in [1.29, 1.82) is 0 Å². The van der Waals surface area contributed by atoms with E-state index in [4.69, 9.17) is 16.6 Å². The third-order valence-corrected chi connectivity index (χ3v) is 4.86. The highest BCUT2D eigenvalue weighted by molar-refractivity contribution is 5.98. The van der Waals surface area contributed by atoms with Gasteiger partial charge in [-0.15, -0.1) is 0 Å². The number of carbonyl (C=O) groups excluding carboxylic acids is 2. The lowest BCUT2D eigenvalue weighted by atomic mass is 10.0. The van der Waals surface area contributed by atoms with E-state index in [-0.39, 0.29) is 36.8 Å². The Kier molecular flexibility index (Phi) is 7.54. The predicted octanol–water partition coefficient (Wildman–Crippen LogP) is -3.08. The molecule has 0 aliphatic carbocycles. The first-order valence-corrected chi connectivity index (χ1v) is 9.54. The van der Waals surface area contributed by atoms with Gasteiger partial charge in [0.15, 0.2) is 11.5 Å². The fraction of sp³-hybridized carbons (Fsp3) is 0.588. The smallest absolute Gasteiger partial charge is 0.325 e. The number of nitrogens with one attached hydrogen (secondary N) is 3. The third-order valence-electron chi connectivity index (χ3n) is 4.86. The van der Waals surface area contributed by atoms with E-state index in [1.165, 1.54) is 13.8 Å². The summed E-state index contributed by atoms with van der Waals surface area (Å²) in [5.41, 5.74) is 10.4. The molecule has 0 fully saturated rings. The van der Waals surface area contributed by atoms with Crippen LogP contribution in [0.4, 0.5) is 17.5 Å². The number of nitrogen functional groups attached to an aromatic ring is 1. The van der Waals surface area contributed by atoms with Crippen molar-refractivity contribution in [1.82, 2.24) is 15.3 Å². The van der Waals surface area contributed by atoms with E-state index in [1.807, 2.05) is 0 Å². The van der Waals surface area contributed by atoms with Crippen molar-refractivity contribution in [3.05, 3.63) is 10.4 Å². The molecule has 10 N–H and O–H groups in total. The number of rotatable bonds is 8. The van der Waals surface area contributed by atoms with E-state index in [0.717, 1.165) is 4.90 Å². The molecule has 0 bridgehead atoms. The molecule has 1 aromatic rings. The highest BCUT2D eigenvalue weighted by Gasteiger charge is 2.39. The molecule has 0 saturated carbocycles. The molecule has 0 aromatic carbocycles. The zero-order chi connectivity index (χ0) is 23.5. The number of amides is 2. The van der Waals surface area contributed by atoms with Gasteiger partial charge in [-0.2, -0.15) is 4.98 Å². The second kappa shape index (κ2) is 9.72. The molecule has 0 unspecified atom stereocenters. The summed E-state index contributed by atoms with van der Waals surface area (Å²) in [6.07, 6.45) is -3.07. The van der Waals surface area contributed by atoms with E-state index >= 15 is 0 Å². The number of aromatic amines is 1. The Morgan fingerprint density at radius 3 is 2.55 bits per heavy atom. The summed E-state index contributed by atoms with van der Waals surface area (Å²) in [4.78, 5) is 55.6. The van der Waals surface area contributed by atoms with Gasteiger partial charge in [0.05, 0.1) is 18.2 Å². The number of hydrogen-bond donors (Lipinski definition) is 8. The highest BCUT2D eigenvalue weighted by atomic mass is 16.4. The molecule has 14 nitrogen and oxygen atoms in total. The molecule has 1 aliphatic rings. The number of H-pyrrole nitrogens is 1. The van der Waals surface area contributed by atoms with Crippen molar-refractivity contribution >= 4 is 35.2 Å². The van der Waals surface area contributed by atoms with Gasteiger partial charge in [-0.1, -0.05) is 0 Å². The first-order valence-electron chi connectivity index (χ1n) is 9.54. The van der Waals surface area contributed by atoms with Crippen LogP contribution in [0.1, 0.15) is 26.7 Å². The average Bonchev–Trinajstić information content (AvgIpc) is 2.69. The molecule has 1 aromatic heterocycles. The Hall–Kier alpha value is -3.23. The summed E-state index contributed by atoms with van der Waals surface area (Å²) in [7, 11) is 0. The molecule has 0 spiro atoms. The van der Waals surface area contributed by atoms with E-state index < -0.39 is 53.7 Å². The van der Waals surface area contributed by atoms with Gasteiger partial charge in [0.1, 0.15) is 12.1 Å². The summed E-state index contributed by atoms with van der Waals surface area (Å²) >= 11 is 0. The summed E-state index contributed by atoms with van der Waals surface area (Å²) in [6, 6.07) is -3.35. The van der Waals surface area contributed by atoms with E-state index in [0.29, 0.717) is 0 Å². The van der Waals surface area contributed by atoms with Crippen LogP contribution in [-0.4, -0.2) is 79.9 Å². The van der Waals surface area contributed by atoms with Crippen LogP contribution >= 0.6 is 0 Å². The van der Waals surface area contributed by atoms with Gasteiger partial charge in [0, 0.05) is 13.0 Å². The number of fused-ring (bicyclic) bond motifs is 1. The summed E-state index contributed by atoms with van der Waals surface area (Å²) < 4.78 is 0. The van der Waals surface area contributed by atoms with Crippen LogP contribution < -0.4 is 32.6 Å². The van der Waals surface area contributed by atoms with Crippen molar-refractivity contribution in [2.75, 3.05) is 22.5 Å². The van der Waals surface area contributed by atoms with Gasteiger partial charge in [0.25, 0.3) is 5.56 Å². The Balaban J connectivity index is 2.23. The molecule has 2 rings (SSSR count). The summed E-state index contributed by atoms with van der Waals surface area (Å²) in [5.74, 6) is -2.80. The van der Waals surface area contributed by atoms with Crippen molar-refractivity contribution in [3.8, 4) is 0 Å². The number of aliphatic carboxylic acids is 1.